The molecule has 0 fully saturated rings. The van der Waals surface area contributed by atoms with Crippen molar-refractivity contribution in [2.45, 2.75) is 44.8 Å². The predicted molar refractivity (Wildman–Crippen MR) is 80.6 cm³/mol. The van der Waals surface area contributed by atoms with E-state index in [0.29, 0.717) is 5.56 Å². The Hall–Kier alpha value is -2.17. The molecule has 5 heteroatoms. The molecular weight excluding hydrogens is 285 g/mol. The van der Waals surface area contributed by atoms with Gasteiger partial charge in [-0.2, -0.15) is 0 Å². The third kappa shape index (κ3) is 4.98. The van der Waals surface area contributed by atoms with E-state index in [9.17, 15) is 14.0 Å². The van der Waals surface area contributed by atoms with E-state index < -0.39 is 12.0 Å². The van der Waals surface area contributed by atoms with Crippen molar-refractivity contribution in [3.05, 3.63) is 47.8 Å². The first-order chi connectivity index (χ1) is 10.5. The van der Waals surface area contributed by atoms with Crippen LogP contribution in [-0.4, -0.2) is 24.0 Å². The second-order valence-electron chi connectivity index (χ2n) is 5.43. The van der Waals surface area contributed by atoms with Gasteiger partial charge in [-0.05, 0) is 50.0 Å². The highest BCUT2D eigenvalue weighted by molar-refractivity contribution is 5.85. The molecule has 2 atom stereocenters. The lowest BCUT2D eigenvalue weighted by atomic mass is 10.1. The van der Waals surface area contributed by atoms with Gasteiger partial charge in [0, 0.05) is 0 Å². The Morgan fingerprint density at radius 3 is 2.95 bits per heavy atom. The van der Waals surface area contributed by atoms with Crippen molar-refractivity contribution in [3.63, 3.8) is 0 Å². The molecule has 1 aliphatic rings. The molecule has 4 nitrogen and oxygen atoms in total. The number of nitrogens with one attached hydrogen (secondary N) is 1. The van der Waals surface area contributed by atoms with E-state index >= 15 is 0 Å². The molecule has 0 spiro atoms. The van der Waals surface area contributed by atoms with E-state index in [1.807, 2.05) is 12.2 Å². The maximum atomic E-state index is 13.1. The molecule has 1 amide bonds. The Labute approximate surface area is 129 Å². The van der Waals surface area contributed by atoms with Crippen LogP contribution in [0, 0.1) is 5.82 Å². The van der Waals surface area contributed by atoms with Crippen molar-refractivity contribution < 1.29 is 18.7 Å². The van der Waals surface area contributed by atoms with Crippen molar-refractivity contribution in [2.24, 2.45) is 0 Å². The number of halogens is 1. The summed E-state index contributed by atoms with van der Waals surface area (Å²) in [4.78, 5) is 23.8. The highest BCUT2D eigenvalue weighted by Gasteiger charge is 2.21. The summed E-state index contributed by atoms with van der Waals surface area (Å²) >= 11 is 0. The lowest BCUT2D eigenvalue weighted by Gasteiger charge is -2.20. The van der Waals surface area contributed by atoms with Crippen LogP contribution in [0.5, 0.6) is 0 Å². The first-order valence-corrected chi connectivity index (χ1v) is 7.45. The van der Waals surface area contributed by atoms with Gasteiger partial charge in [-0.15, -0.1) is 0 Å². The Morgan fingerprint density at radius 2 is 2.27 bits per heavy atom. The smallest absolute Gasteiger partial charge is 0.328 e. The summed E-state index contributed by atoms with van der Waals surface area (Å²) in [7, 11) is 0. The summed E-state index contributed by atoms with van der Waals surface area (Å²) in [5.41, 5.74) is 0.563. The zero-order valence-electron chi connectivity index (χ0n) is 12.5. The molecule has 1 aromatic carbocycles. The van der Waals surface area contributed by atoms with Gasteiger partial charge in [-0.25, -0.2) is 9.18 Å². The first-order valence-electron chi connectivity index (χ1n) is 7.45. The fourth-order valence-corrected chi connectivity index (χ4v) is 2.31. The van der Waals surface area contributed by atoms with Crippen LogP contribution in [0.1, 0.15) is 31.7 Å². The molecule has 1 unspecified atom stereocenters. The normalized spacial score (nSPS) is 18.5. The van der Waals surface area contributed by atoms with Gasteiger partial charge in [0.05, 0.1) is 6.42 Å². The first kappa shape index (κ1) is 16.2. The molecule has 0 saturated heterocycles. The van der Waals surface area contributed by atoms with Crippen molar-refractivity contribution in [3.8, 4) is 0 Å². The summed E-state index contributed by atoms with van der Waals surface area (Å²) in [6.07, 6.45) is 6.51. The number of carbonyl (C=O) groups is 2. The Bertz CT molecular complexity index is 571. The van der Waals surface area contributed by atoms with E-state index in [2.05, 4.69) is 5.32 Å². The van der Waals surface area contributed by atoms with Gasteiger partial charge in [-0.3, -0.25) is 4.79 Å². The van der Waals surface area contributed by atoms with Gasteiger partial charge in [-0.1, -0.05) is 18.2 Å². The second-order valence-corrected chi connectivity index (χ2v) is 5.43. The molecule has 2 rings (SSSR count). The van der Waals surface area contributed by atoms with Gasteiger partial charge < -0.3 is 10.1 Å². The average Bonchev–Trinajstić information content (AvgIpc) is 2.48. The zero-order chi connectivity index (χ0) is 15.9. The zero-order valence-corrected chi connectivity index (χ0v) is 12.5. The van der Waals surface area contributed by atoms with Crippen LogP contribution >= 0.6 is 0 Å². The van der Waals surface area contributed by atoms with E-state index in [-0.39, 0.29) is 24.2 Å². The molecule has 22 heavy (non-hydrogen) atoms. The number of hydrogen-bond donors (Lipinski definition) is 1. The molecule has 0 radical (unpaired) electrons. The van der Waals surface area contributed by atoms with Gasteiger partial charge in [0.1, 0.15) is 18.0 Å². The van der Waals surface area contributed by atoms with Crippen LogP contribution in [0.4, 0.5) is 4.39 Å². The minimum Gasteiger partial charge on any atom is -0.457 e. The molecule has 0 saturated carbocycles. The monoisotopic (exact) mass is 305 g/mol. The number of allylic oxidation sites excluding steroid dienone is 1. The third-order valence-electron chi connectivity index (χ3n) is 3.46. The summed E-state index contributed by atoms with van der Waals surface area (Å²) in [5, 5.41) is 2.58. The number of hydrogen-bond acceptors (Lipinski definition) is 3. The van der Waals surface area contributed by atoms with Crippen molar-refractivity contribution in [1.29, 1.82) is 0 Å². The Morgan fingerprint density at radius 1 is 1.45 bits per heavy atom. The minimum absolute atomic E-state index is 0.0265. The Balaban J connectivity index is 1.81. The molecule has 0 bridgehead atoms. The highest BCUT2D eigenvalue weighted by Crippen LogP contribution is 2.14. The summed E-state index contributed by atoms with van der Waals surface area (Å²) in [5.74, 6) is -1.18. The maximum absolute atomic E-state index is 13.1. The minimum atomic E-state index is -0.726. The lowest BCUT2D eigenvalue weighted by molar-refractivity contribution is -0.150. The molecule has 0 aromatic heterocycles. The van der Waals surface area contributed by atoms with Gasteiger partial charge in [0.15, 0.2) is 0 Å². The van der Waals surface area contributed by atoms with Crippen LogP contribution in [0.2, 0.25) is 0 Å². The van der Waals surface area contributed by atoms with Crippen LogP contribution in [0.25, 0.3) is 0 Å². The molecule has 0 aliphatic heterocycles. The van der Waals surface area contributed by atoms with Gasteiger partial charge >= 0.3 is 5.97 Å². The molecule has 1 N–H and O–H groups in total. The second kappa shape index (κ2) is 7.73. The summed E-state index contributed by atoms with van der Waals surface area (Å²) in [6, 6.07) is 5.11. The maximum Gasteiger partial charge on any atom is 0.328 e. The van der Waals surface area contributed by atoms with Crippen LogP contribution < -0.4 is 5.32 Å². The van der Waals surface area contributed by atoms with E-state index in [0.717, 1.165) is 19.3 Å². The summed E-state index contributed by atoms with van der Waals surface area (Å²) < 4.78 is 18.4. The number of carbonyl (C=O) groups excluding carboxylic acids is 2. The quantitative estimate of drug-likeness (QED) is 0.672. The Kier molecular flexibility index (Phi) is 5.69. The third-order valence-corrected chi connectivity index (χ3v) is 3.46. The topological polar surface area (TPSA) is 55.4 Å². The molecule has 1 aromatic rings. The molecule has 118 valence electrons. The number of benzene rings is 1. The van der Waals surface area contributed by atoms with Crippen LogP contribution in [0.3, 0.4) is 0 Å². The lowest BCUT2D eigenvalue weighted by Crippen LogP contribution is -2.41. The van der Waals surface area contributed by atoms with Crippen LogP contribution in [-0.2, 0) is 20.7 Å². The number of ether oxygens (including phenoxy) is 1. The van der Waals surface area contributed by atoms with E-state index in [1.165, 1.54) is 12.1 Å². The van der Waals surface area contributed by atoms with Gasteiger partial charge in [0.2, 0.25) is 5.91 Å². The van der Waals surface area contributed by atoms with E-state index in [1.54, 1.807) is 19.1 Å². The standard InChI is InChI=1S/C17H20FNO3/c1-12(17(21)22-15-8-3-2-4-9-15)19-16(20)11-13-6-5-7-14(18)10-13/h3,5-8,10,12,15H,2,4,9,11H2,1H3,(H,19,20)/t12-,15?/m0/s1. The largest absolute Gasteiger partial charge is 0.457 e. The fraction of sp³-hybridized carbons (Fsp3) is 0.412. The average molecular weight is 305 g/mol. The van der Waals surface area contributed by atoms with Crippen molar-refractivity contribution in [1.82, 2.24) is 5.32 Å². The molecular formula is C17H20FNO3. The fourth-order valence-electron chi connectivity index (χ4n) is 2.31. The number of rotatable bonds is 5. The van der Waals surface area contributed by atoms with Crippen LogP contribution in [0.15, 0.2) is 36.4 Å². The summed E-state index contributed by atoms with van der Waals surface area (Å²) in [6.45, 7) is 1.58. The number of esters is 1. The van der Waals surface area contributed by atoms with Gasteiger partial charge in [0.25, 0.3) is 0 Å². The predicted octanol–water partition coefficient (Wildman–Crippen LogP) is 2.52. The molecule has 0 heterocycles. The van der Waals surface area contributed by atoms with Crippen molar-refractivity contribution in [2.75, 3.05) is 0 Å². The molecule has 1 aliphatic carbocycles. The van der Waals surface area contributed by atoms with Crippen molar-refractivity contribution >= 4 is 11.9 Å². The highest BCUT2D eigenvalue weighted by atomic mass is 19.1. The number of amides is 1. The SMILES string of the molecule is C[C@H](NC(=O)Cc1cccc(F)c1)C(=O)OC1C=CCCC1. The van der Waals surface area contributed by atoms with E-state index in [4.69, 9.17) is 4.74 Å².